The molecule has 0 radical (unpaired) electrons. The van der Waals surface area contributed by atoms with Gasteiger partial charge in [-0.05, 0) is 23.8 Å². The quantitative estimate of drug-likeness (QED) is 0.830. The number of thioether (sulfide) groups is 1. The zero-order chi connectivity index (χ0) is 13.8. The normalized spacial score (nSPS) is 14.5. The topological polar surface area (TPSA) is 66.8 Å². The van der Waals surface area contributed by atoms with E-state index in [1.807, 2.05) is 6.07 Å². The van der Waals surface area contributed by atoms with Gasteiger partial charge in [-0.3, -0.25) is 9.59 Å². The van der Waals surface area contributed by atoms with Crippen LogP contribution in [0.4, 0.5) is 0 Å². The minimum Gasteiger partial charge on any atom is -0.508 e. The summed E-state index contributed by atoms with van der Waals surface area (Å²) in [6.07, 6.45) is 0. The Bertz CT molecular complexity index is 503. The lowest BCUT2D eigenvalue weighted by molar-refractivity contribution is -0.150. The van der Waals surface area contributed by atoms with Crippen molar-refractivity contribution >= 4 is 23.6 Å². The van der Waals surface area contributed by atoms with Crippen molar-refractivity contribution in [3.63, 3.8) is 0 Å². The number of carbonyl (C=O) groups excluding carboxylic acids is 2. The number of aromatic hydroxyl groups is 1. The first-order chi connectivity index (χ1) is 9.06. The number of phenols is 1. The second-order valence-corrected chi connectivity index (χ2v) is 5.37. The van der Waals surface area contributed by atoms with Crippen LogP contribution in [0.1, 0.15) is 12.5 Å². The van der Waals surface area contributed by atoms with Crippen molar-refractivity contribution in [2.75, 3.05) is 18.9 Å². The maximum atomic E-state index is 11.9. The van der Waals surface area contributed by atoms with Gasteiger partial charge in [-0.1, -0.05) is 0 Å². The number of hydrogen-bond acceptors (Lipinski definition) is 5. The summed E-state index contributed by atoms with van der Waals surface area (Å²) in [5.41, 5.74) is 0.915. The van der Waals surface area contributed by atoms with Crippen molar-refractivity contribution in [2.24, 2.45) is 0 Å². The van der Waals surface area contributed by atoms with E-state index in [2.05, 4.69) is 0 Å². The monoisotopic (exact) mass is 281 g/mol. The first-order valence-electron chi connectivity index (χ1n) is 5.92. The predicted octanol–water partition coefficient (Wildman–Crippen LogP) is 1.39. The molecule has 0 atom stereocenters. The lowest BCUT2D eigenvalue weighted by Gasteiger charge is -2.20. The molecule has 102 valence electrons. The molecule has 5 nitrogen and oxygen atoms in total. The van der Waals surface area contributed by atoms with Gasteiger partial charge in [0.2, 0.25) is 0 Å². The summed E-state index contributed by atoms with van der Waals surface area (Å²) in [6.45, 7) is 2.07. The van der Waals surface area contributed by atoms with Gasteiger partial charge in [0, 0.05) is 30.7 Å². The SMILES string of the molecule is CC(=O)OCC(=O)N1CCSc2ccc(O)cc2C1. The summed E-state index contributed by atoms with van der Waals surface area (Å²) in [7, 11) is 0. The van der Waals surface area contributed by atoms with Crippen LogP contribution >= 0.6 is 11.8 Å². The molecule has 2 rings (SSSR count). The highest BCUT2D eigenvalue weighted by Crippen LogP contribution is 2.30. The molecule has 1 aliphatic rings. The predicted molar refractivity (Wildman–Crippen MR) is 70.9 cm³/mol. The Morgan fingerprint density at radius 1 is 1.47 bits per heavy atom. The van der Waals surface area contributed by atoms with Crippen molar-refractivity contribution in [1.29, 1.82) is 0 Å². The number of hydrogen-bond donors (Lipinski definition) is 1. The van der Waals surface area contributed by atoms with Crippen molar-refractivity contribution < 1.29 is 19.4 Å². The number of nitrogens with zero attached hydrogens (tertiary/aromatic N) is 1. The number of benzene rings is 1. The van der Waals surface area contributed by atoms with E-state index in [-0.39, 0.29) is 18.3 Å². The van der Waals surface area contributed by atoms with Crippen LogP contribution in [-0.2, 0) is 20.9 Å². The molecule has 0 saturated heterocycles. The van der Waals surface area contributed by atoms with Crippen LogP contribution in [0.2, 0.25) is 0 Å². The minimum atomic E-state index is -0.462. The van der Waals surface area contributed by atoms with E-state index in [0.29, 0.717) is 13.1 Å². The van der Waals surface area contributed by atoms with Gasteiger partial charge in [0.25, 0.3) is 5.91 Å². The molecule has 0 aliphatic carbocycles. The van der Waals surface area contributed by atoms with Crippen LogP contribution in [0.15, 0.2) is 23.1 Å². The van der Waals surface area contributed by atoms with E-state index in [4.69, 9.17) is 4.74 Å². The Morgan fingerprint density at radius 2 is 2.26 bits per heavy atom. The zero-order valence-electron chi connectivity index (χ0n) is 10.6. The first-order valence-corrected chi connectivity index (χ1v) is 6.90. The average molecular weight is 281 g/mol. The van der Waals surface area contributed by atoms with Crippen molar-refractivity contribution in [1.82, 2.24) is 4.90 Å². The highest BCUT2D eigenvalue weighted by Gasteiger charge is 2.20. The molecule has 0 fully saturated rings. The van der Waals surface area contributed by atoms with Crippen LogP contribution in [0.5, 0.6) is 5.75 Å². The van der Waals surface area contributed by atoms with E-state index in [0.717, 1.165) is 16.2 Å². The third-order valence-electron chi connectivity index (χ3n) is 2.78. The molecule has 1 heterocycles. The molecule has 1 N–H and O–H groups in total. The van der Waals surface area contributed by atoms with Crippen LogP contribution in [0.25, 0.3) is 0 Å². The molecule has 1 aliphatic heterocycles. The zero-order valence-corrected chi connectivity index (χ0v) is 11.4. The number of rotatable bonds is 2. The van der Waals surface area contributed by atoms with Crippen molar-refractivity contribution in [2.45, 2.75) is 18.4 Å². The third kappa shape index (κ3) is 3.64. The molecule has 0 spiro atoms. The number of carbonyl (C=O) groups is 2. The summed E-state index contributed by atoms with van der Waals surface area (Å²) in [6, 6.07) is 5.16. The lowest BCUT2D eigenvalue weighted by Crippen LogP contribution is -2.35. The van der Waals surface area contributed by atoms with Gasteiger partial charge in [-0.15, -0.1) is 11.8 Å². The van der Waals surface area contributed by atoms with Gasteiger partial charge in [0.1, 0.15) is 5.75 Å². The molecular weight excluding hydrogens is 266 g/mol. The molecular formula is C13H15NO4S. The summed E-state index contributed by atoms with van der Waals surface area (Å²) in [5.74, 6) is 0.292. The Morgan fingerprint density at radius 3 is 3.00 bits per heavy atom. The maximum Gasteiger partial charge on any atom is 0.303 e. The Labute approximate surface area is 115 Å². The lowest BCUT2D eigenvalue weighted by atomic mass is 10.2. The van der Waals surface area contributed by atoms with Gasteiger partial charge >= 0.3 is 5.97 Å². The van der Waals surface area contributed by atoms with E-state index >= 15 is 0 Å². The molecule has 0 bridgehead atoms. The molecule has 0 saturated carbocycles. The van der Waals surface area contributed by atoms with Crippen molar-refractivity contribution in [3.05, 3.63) is 23.8 Å². The molecule has 0 unspecified atom stereocenters. The van der Waals surface area contributed by atoms with Crippen molar-refractivity contribution in [3.8, 4) is 5.75 Å². The summed E-state index contributed by atoms with van der Waals surface area (Å²) in [5, 5.41) is 9.50. The average Bonchev–Trinajstić information content (AvgIpc) is 2.57. The van der Waals surface area contributed by atoms with Gasteiger partial charge in [0.15, 0.2) is 6.61 Å². The number of phenolic OH excluding ortho intramolecular Hbond substituents is 1. The van der Waals surface area contributed by atoms with Crippen LogP contribution in [0.3, 0.4) is 0 Å². The van der Waals surface area contributed by atoms with E-state index in [1.165, 1.54) is 6.92 Å². The fraction of sp³-hybridized carbons (Fsp3) is 0.385. The largest absolute Gasteiger partial charge is 0.508 e. The number of amides is 1. The van der Waals surface area contributed by atoms with E-state index in [9.17, 15) is 14.7 Å². The van der Waals surface area contributed by atoms with E-state index < -0.39 is 5.97 Å². The van der Waals surface area contributed by atoms with Crippen LogP contribution in [0, 0.1) is 0 Å². The standard InChI is InChI=1S/C13H15NO4S/c1-9(15)18-8-13(17)14-4-5-19-12-3-2-11(16)6-10(12)7-14/h2-3,6,16H,4-5,7-8H2,1H3. The highest BCUT2D eigenvalue weighted by molar-refractivity contribution is 7.99. The molecule has 0 aromatic heterocycles. The molecule has 19 heavy (non-hydrogen) atoms. The second-order valence-electron chi connectivity index (χ2n) is 4.24. The Kier molecular flexibility index (Phi) is 4.31. The van der Waals surface area contributed by atoms with Gasteiger partial charge in [0.05, 0.1) is 0 Å². The van der Waals surface area contributed by atoms with Gasteiger partial charge in [-0.2, -0.15) is 0 Å². The fourth-order valence-electron chi connectivity index (χ4n) is 1.85. The summed E-state index contributed by atoms with van der Waals surface area (Å²) in [4.78, 5) is 25.3. The molecule has 1 amide bonds. The summed E-state index contributed by atoms with van der Waals surface area (Å²) < 4.78 is 4.72. The number of esters is 1. The maximum absolute atomic E-state index is 11.9. The second kappa shape index (κ2) is 5.97. The smallest absolute Gasteiger partial charge is 0.303 e. The molecule has 6 heteroatoms. The Balaban J connectivity index is 2.08. The van der Waals surface area contributed by atoms with Crippen LogP contribution < -0.4 is 0 Å². The van der Waals surface area contributed by atoms with Gasteiger partial charge < -0.3 is 14.7 Å². The third-order valence-corrected chi connectivity index (χ3v) is 3.87. The fourth-order valence-corrected chi connectivity index (χ4v) is 2.85. The molecule has 1 aromatic rings. The summed E-state index contributed by atoms with van der Waals surface area (Å²) >= 11 is 1.65. The minimum absolute atomic E-state index is 0.189. The first kappa shape index (κ1) is 13.7. The number of fused-ring (bicyclic) bond motifs is 1. The molecule has 1 aromatic carbocycles. The van der Waals surface area contributed by atoms with Gasteiger partial charge in [-0.25, -0.2) is 0 Å². The Hall–Kier alpha value is -1.69. The van der Waals surface area contributed by atoms with E-state index in [1.54, 1.807) is 28.8 Å². The highest BCUT2D eigenvalue weighted by atomic mass is 32.2. The number of ether oxygens (including phenoxy) is 1. The van der Waals surface area contributed by atoms with Crippen LogP contribution in [-0.4, -0.2) is 40.8 Å².